The Balaban J connectivity index is 0. The van der Waals surface area contributed by atoms with Gasteiger partial charge in [0.1, 0.15) is 12.7 Å². The lowest BCUT2D eigenvalue weighted by Crippen LogP contribution is -2.25. The monoisotopic (exact) mass is 506 g/mol. The van der Waals surface area contributed by atoms with E-state index in [1.807, 2.05) is 0 Å². The van der Waals surface area contributed by atoms with Crippen molar-refractivity contribution < 1.29 is 49.4 Å². The minimum absolute atomic E-state index is 0.152. The molecule has 5 N–H and O–H groups in total. The predicted octanol–water partition coefficient (Wildman–Crippen LogP) is 4.00. The summed E-state index contributed by atoms with van der Waals surface area (Å²) in [5, 5.41) is 42.6. The smallest absolute Gasteiger partial charge is 0.309 e. The minimum Gasteiger partial charge on any atom is -0.481 e. The summed E-state index contributed by atoms with van der Waals surface area (Å²) < 4.78 is 5.16. The molecule has 0 aromatic carbocycles. The Bertz CT molecular complexity index is 550. The second kappa shape index (κ2) is 24.9. The first kappa shape index (κ1) is 35.0. The van der Waals surface area contributed by atoms with Crippen molar-refractivity contribution in [1.29, 1.82) is 0 Å². The average molecular weight is 507 g/mol. The molecule has 0 aliphatic carbocycles. The van der Waals surface area contributed by atoms with E-state index >= 15 is 0 Å². The molecule has 0 aromatic heterocycles. The van der Waals surface area contributed by atoms with Crippen LogP contribution >= 0.6 is 0 Å². The number of esters is 1. The van der Waals surface area contributed by atoms with Crippen LogP contribution in [-0.4, -0.2) is 68.7 Å². The van der Waals surface area contributed by atoms with Crippen molar-refractivity contribution in [2.45, 2.75) is 116 Å². The Labute approximate surface area is 208 Å². The van der Waals surface area contributed by atoms with Crippen LogP contribution in [0.25, 0.3) is 0 Å². The summed E-state index contributed by atoms with van der Waals surface area (Å²) >= 11 is 0. The third-order valence-corrected chi connectivity index (χ3v) is 5.36. The number of rotatable bonds is 22. The maximum atomic E-state index is 12.3. The number of aliphatic carboxylic acids is 3. The third-order valence-electron chi connectivity index (χ3n) is 5.36. The Kier molecular flexibility index (Phi) is 24.9. The Morgan fingerprint density at radius 3 is 1.51 bits per heavy atom. The molecule has 0 spiro atoms. The Hall–Kier alpha value is -2.20. The van der Waals surface area contributed by atoms with Crippen molar-refractivity contribution in [1.82, 2.24) is 0 Å². The molecule has 0 radical (unpaired) electrons. The molecular weight excluding hydrogens is 460 g/mol. The number of unbranched alkanes of at least 4 members (excludes halogenated alkanes) is 9. The second-order valence-corrected chi connectivity index (χ2v) is 8.71. The van der Waals surface area contributed by atoms with Crippen molar-refractivity contribution in [2.24, 2.45) is 5.92 Å². The largest absolute Gasteiger partial charge is 0.481 e. The lowest BCUT2D eigenvalue weighted by molar-refractivity contribution is -0.153. The fourth-order valence-corrected chi connectivity index (χ4v) is 3.31. The third kappa shape index (κ3) is 27.9. The molecule has 0 aromatic rings. The Morgan fingerprint density at radius 2 is 1.09 bits per heavy atom. The van der Waals surface area contributed by atoms with Crippen molar-refractivity contribution in [3.8, 4) is 0 Å². The molecule has 10 heteroatoms. The fraction of sp³-hybridized carbons (Fsp3) is 0.840. The molecule has 35 heavy (non-hydrogen) atoms. The van der Waals surface area contributed by atoms with Gasteiger partial charge in [-0.15, -0.1) is 0 Å². The van der Waals surface area contributed by atoms with Gasteiger partial charge in [0, 0.05) is 6.42 Å². The van der Waals surface area contributed by atoms with Gasteiger partial charge < -0.3 is 30.3 Å². The molecule has 0 saturated carbocycles. The van der Waals surface area contributed by atoms with Gasteiger partial charge in [0.25, 0.3) is 0 Å². The van der Waals surface area contributed by atoms with Crippen LogP contribution in [0.2, 0.25) is 0 Å². The van der Waals surface area contributed by atoms with E-state index in [0.717, 1.165) is 51.4 Å². The van der Waals surface area contributed by atoms with Gasteiger partial charge in [0.05, 0.1) is 25.4 Å². The maximum absolute atomic E-state index is 12.3. The quantitative estimate of drug-likeness (QED) is 0.106. The lowest BCUT2D eigenvalue weighted by atomic mass is 9.94. The van der Waals surface area contributed by atoms with Crippen LogP contribution in [0.1, 0.15) is 110 Å². The summed E-state index contributed by atoms with van der Waals surface area (Å²) in [6, 6.07) is 0. The maximum Gasteiger partial charge on any atom is 0.309 e. The molecule has 0 aliphatic rings. The first-order valence-electron chi connectivity index (χ1n) is 12.7. The summed E-state index contributed by atoms with van der Waals surface area (Å²) in [6.45, 7) is 1.62. The summed E-state index contributed by atoms with van der Waals surface area (Å²) in [4.78, 5) is 42.1. The van der Waals surface area contributed by atoms with E-state index in [-0.39, 0.29) is 37.8 Å². The van der Waals surface area contributed by atoms with Gasteiger partial charge in [0.2, 0.25) is 0 Å². The van der Waals surface area contributed by atoms with Gasteiger partial charge in [-0.2, -0.15) is 0 Å². The van der Waals surface area contributed by atoms with Crippen molar-refractivity contribution in [2.75, 3.05) is 13.2 Å². The molecule has 0 saturated heterocycles. The zero-order valence-corrected chi connectivity index (χ0v) is 21.2. The molecule has 0 aliphatic heterocycles. The van der Waals surface area contributed by atoms with Gasteiger partial charge in [-0.3, -0.25) is 19.2 Å². The van der Waals surface area contributed by atoms with E-state index in [0.29, 0.717) is 6.42 Å². The number of carbonyl (C=O) groups is 4. The first-order chi connectivity index (χ1) is 16.6. The molecule has 0 amide bonds. The molecule has 2 unspecified atom stereocenters. The highest BCUT2D eigenvalue weighted by atomic mass is 16.5. The topological polar surface area (TPSA) is 179 Å². The Morgan fingerprint density at radius 1 is 0.657 bits per heavy atom. The molecule has 0 heterocycles. The summed E-state index contributed by atoms with van der Waals surface area (Å²) in [7, 11) is 0. The standard InChI is InChI=1S/C21H40O6.C4H6O4/c1-2-3-4-5-7-10-13-18(21(26)27-17-19(23)16-22)14-11-8-6-9-12-15-20(24)25;5-3(6)1-2-4(7)8/h18-19,22-23H,2-17H2,1H3,(H,24,25);1-2H2,(H,5,6)(H,7,8). The molecule has 0 fully saturated rings. The number of aliphatic hydroxyl groups excluding tert-OH is 2. The molecule has 0 rings (SSSR count). The van der Waals surface area contributed by atoms with Gasteiger partial charge >= 0.3 is 23.9 Å². The van der Waals surface area contributed by atoms with Crippen molar-refractivity contribution >= 4 is 23.9 Å². The number of carbonyl (C=O) groups excluding carboxylic acids is 1. The van der Waals surface area contributed by atoms with Gasteiger partial charge in [0.15, 0.2) is 0 Å². The SMILES string of the molecule is CCCCCCCCC(CCCCCCCC(=O)O)C(=O)OCC(O)CO.O=C(O)CCC(=O)O. The van der Waals surface area contributed by atoms with Crippen LogP contribution in [-0.2, 0) is 23.9 Å². The normalized spacial score (nSPS) is 12.2. The molecular formula is C25H46O10. The first-order valence-corrected chi connectivity index (χ1v) is 12.7. The van der Waals surface area contributed by atoms with E-state index in [9.17, 15) is 24.3 Å². The van der Waals surface area contributed by atoms with E-state index < -0.39 is 30.6 Å². The van der Waals surface area contributed by atoms with Crippen LogP contribution in [0.15, 0.2) is 0 Å². The highest BCUT2D eigenvalue weighted by Crippen LogP contribution is 2.21. The average Bonchev–Trinajstić information content (AvgIpc) is 2.81. The second-order valence-electron chi connectivity index (χ2n) is 8.71. The van der Waals surface area contributed by atoms with Crippen LogP contribution in [0.5, 0.6) is 0 Å². The number of hydrogen-bond donors (Lipinski definition) is 5. The van der Waals surface area contributed by atoms with E-state index in [2.05, 4.69) is 6.92 Å². The van der Waals surface area contributed by atoms with Crippen LogP contribution < -0.4 is 0 Å². The van der Waals surface area contributed by atoms with Gasteiger partial charge in [-0.25, -0.2) is 0 Å². The summed E-state index contributed by atoms with van der Waals surface area (Å²) in [5.74, 6) is -3.33. The highest BCUT2D eigenvalue weighted by Gasteiger charge is 2.20. The fourth-order valence-electron chi connectivity index (χ4n) is 3.31. The van der Waals surface area contributed by atoms with E-state index in [4.69, 9.17) is 25.2 Å². The zero-order valence-electron chi connectivity index (χ0n) is 21.2. The number of carboxylic acid groups (broad SMARTS) is 3. The summed E-state index contributed by atoms with van der Waals surface area (Å²) in [6.07, 6.45) is 11.7. The highest BCUT2D eigenvalue weighted by molar-refractivity contribution is 5.75. The van der Waals surface area contributed by atoms with Crippen molar-refractivity contribution in [3.05, 3.63) is 0 Å². The minimum atomic E-state index is -1.08. The molecule has 2 atom stereocenters. The van der Waals surface area contributed by atoms with E-state index in [1.54, 1.807) is 0 Å². The summed E-state index contributed by atoms with van der Waals surface area (Å²) in [5.41, 5.74) is 0. The van der Waals surface area contributed by atoms with E-state index in [1.165, 1.54) is 25.7 Å². The van der Waals surface area contributed by atoms with Crippen LogP contribution in [0.4, 0.5) is 0 Å². The molecule has 10 nitrogen and oxygen atoms in total. The van der Waals surface area contributed by atoms with Crippen LogP contribution in [0, 0.1) is 5.92 Å². The molecule has 206 valence electrons. The molecule has 0 bridgehead atoms. The van der Waals surface area contributed by atoms with Crippen LogP contribution in [0.3, 0.4) is 0 Å². The predicted molar refractivity (Wildman–Crippen MR) is 130 cm³/mol. The van der Waals surface area contributed by atoms with Gasteiger partial charge in [-0.05, 0) is 19.3 Å². The number of aliphatic hydroxyl groups is 2. The number of ether oxygens (including phenoxy) is 1. The van der Waals surface area contributed by atoms with Gasteiger partial charge in [-0.1, -0.05) is 71.1 Å². The van der Waals surface area contributed by atoms with Crippen molar-refractivity contribution in [3.63, 3.8) is 0 Å². The lowest BCUT2D eigenvalue weighted by Gasteiger charge is -2.17. The number of carboxylic acids is 3. The zero-order chi connectivity index (χ0) is 26.9. The number of hydrogen-bond acceptors (Lipinski definition) is 7.